The molecule has 0 unspecified atom stereocenters. The minimum Gasteiger partial charge on any atom is -0.345 e. The first-order valence-corrected chi connectivity index (χ1v) is 11.1. The molecular formula is C23H20BrN3OS. The molecule has 2 aromatic heterocycles. The van der Waals surface area contributed by atoms with Crippen molar-refractivity contribution in [3.8, 4) is 0 Å². The Bertz CT molecular complexity index is 1140. The van der Waals surface area contributed by atoms with Crippen LogP contribution in [-0.4, -0.2) is 15.3 Å². The zero-order chi connectivity index (χ0) is 20.2. The van der Waals surface area contributed by atoms with Crippen molar-refractivity contribution < 1.29 is 4.79 Å². The van der Waals surface area contributed by atoms with E-state index in [1.807, 2.05) is 90.3 Å². The first-order chi connectivity index (χ1) is 14.1. The number of halogens is 1. The molecule has 1 N–H and O–H groups in total. The highest BCUT2D eigenvalue weighted by atomic mass is 79.9. The zero-order valence-electron chi connectivity index (χ0n) is 15.9. The van der Waals surface area contributed by atoms with Gasteiger partial charge in [0, 0.05) is 16.8 Å². The lowest BCUT2D eigenvalue weighted by molar-refractivity contribution is 0.0937. The van der Waals surface area contributed by atoms with Crippen molar-refractivity contribution in [2.75, 3.05) is 0 Å². The largest absolute Gasteiger partial charge is 0.345 e. The second-order valence-corrected chi connectivity index (χ2v) is 8.44. The van der Waals surface area contributed by atoms with E-state index in [1.165, 1.54) is 0 Å². The number of rotatable bonds is 6. The molecule has 1 atom stereocenters. The van der Waals surface area contributed by atoms with Crippen LogP contribution in [0.3, 0.4) is 0 Å². The molecule has 0 aliphatic rings. The first kappa shape index (κ1) is 19.7. The fourth-order valence-electron chi connectivity index (χ4n) is 3.13. The molecule has 0 fully saturated rings. The summed E-state index contributed by atoms with van der Waals surface area (Å²) < 4.78 is 2.95. The average Bonchev–Trinajstić information content (AvgIpc) is 3.09. The Kier molecular flexibility index (Phi) is 6.02. The number of carbonyl (C=O) groups excluding carboxylic acids is 1. The highest BCUT2D eigenvalue weighted by Gasteiger charge is 2.16. The second-order valence-electron chi connectivity index (χ2n) is 6.67. The molecule has 29 heavy (non-hydrogen) atoms. The molecule has 0 aliphatic carbocycles. The number of imidazole rings is 1. The van der Waals surface area contributed by atoms with Gasteiger partial charge in [-0.1, -0.05) is 48.5 Å². The Labute approximate surface area is 182 Å². The molecule has 4 nitrogen and oxygen atoms in total. The summed E-state index contributed by atoms with van der Waals surface area (Å²) in [5.74, 6) is 0.597. The Morgan fingerprint density at radius 2 is 1.79 bits per heavy atom. The van der Waals surface area contributed by atoms with Gasteiger partial charge in [-0.15, -0.1) is 11.8 Å². The third kappa shape index (κ3) is 4.38. The van der Waals surface area contributed by atoms with E-state index in [0.29, 0.717) is 11.3 Å². The summed E-state index contributed by atoms with van der Waals surface area (Å²) in [5.41, 5.74) is 3.62. The van der Waals surface area contributed by atoms with E-state index < -0.39 is 0 Å². The molecule has 0 spiro atoms. The van der Waals surface area contributed by atoms with Crippen LogP contribution in [0.15, 0.2) is 88.5 Å². The standard InChI is InChI=1S/C23H20BrN3OS/c1-16(17-9-3-2-4-10-17)25-23(28)18-11-5-6-12-20(18)29-15-19-22(24)27-14-8-7-13-21(27)26-19/h2-14,16H,15H2,1H3,(H,25,28)/t16-/m0/s1. The van der Waals surface area contributed by atoms with E-state index in [1.54, 1.807) is 11.8 Å². The number of nitrogens with one attached hydrogen (secondary N) is 1. The van der Waals surface area contributed by atoms with Crippen LogP contribution < -0.4 is 5.32 Å². The molecule has 1 amide bonds. The van der Waals surface area contributed by atoms with Crippen LogP contribution in [0.2, 0.25) is 0 Å². The molecule has 146 valence electrons. The number of fused-ring (bicyclic) bond motifs is 1. The van der Waals surface area contributed by atoms with Crippen molar-refractivity contribution in [2.45, 2.75) is 23.6 Å². The molecule has 0 saturated carbocycles. The Morgan fingerprint density at radius 1 is 1.07 bits per heavy atom. The molecular weight excluding hydrogens is 446 g/mol. The van der Waals surface area contributed by atoms with Crippen molar-refractivity contribution in [3.05, 3.63) is 100 Å². The number of carbonyl (C=O) groups is 1. The van der Waals surface area contributed by atoms with Crippen LogP contribution >= 0.6 is 27.7 Å². The fourth-order valence-corrected chi connectivity index (χ4v) is 4.83. The summed E-state index contributed by atoms with van der Waals surface area (Å²) in [4.78, 5) is 18.5. The Balaban J connectivity index is 1.50. The number of pyridine rings is 1. The van der Waals surface area contributed by atoms with Crippen molar-refractivity contribution in [3.63, 3.8) is 0 Å². The van der Waals surface area contributed by atoms with E-state index in [9.17, 15) is 4.79 Å². The summed E-state index contributed by atoms with van der Waals surface area (Å²) in [7, 11) is 0. The highest BCUT2D eigenvalue weighted by molar-refractivity contribution is 9.10. The van der Waals surface area contributed by atoms with Crippen molar-refractivity contribution in [1.82, 2.24) is 14.7 Å². The first-order valence-electron chi connectivity index (χ1n) is 9.32. The topological polar surface area (TPSA) is 46.4 Å². The van der Waals surface area contributed by atoms with E-state index in [2.05, 4.69) is 26.2 Å². The summed E-state index contributed by atoms with van der Waals surface area (Å²) >= 11 is 5.25. The van der Waals surface area contributed by atoms with Crippen molar-refractivity contribution in [1.29, 1.82) is 0 Å². The number of benzene rings is 2. The SMILES string of the molecule is C[C@H](NC(=O)c1ccccc1SCc1nc2ccccn2c1Br)c1ccccc1. The Morgan fingerprint density at radius 3 is 2.59 bits per heavy atom. The lowest BCUT2D eigenvalue weighted by Crippen LogP contribution is -2.27. The number of aromatic nitrogens is 2. The lowest BCUT2D eigenvalue weighted by atomic mass is 10.1. The molecule has 4 aromatic rings. The summed E-state index contributed by atoms with van der Waals surface area (Å²) in [6, 6.07) is 23.5. The predicted molar refractivity (Wildman–Crippen MR) is 121 cm³/mol. The lowest BCUT2D eigenvalue weighted by Gasteiger charge is -2.16. The third-order valence-electron chi connectivity index (χ3n) is 4.68. The van der Waals surface area contributed by atoms with Gasteiger partial charge >= 0.3 is 0 Å². The van der Waals surface area contributed by atoms with Crippen LogP contribution in [0.25, 0.3) is 5.65 Å². The number of hydrogen-bond acceptors (Lipinski definition) is 3. The molecule has 4 rings (SSSR count). The second kappa shape index (κ2) is 8.84. The normalized spacial score (nSPS) is 12.1. The van der Waals surface area contributed by atoms with Gasteiger partial charge in [0.05, 0.1) is 17.3 Å². The number of nitrogens with zero attached hydrogens (tertiary/aromatic N) is 2. The maximum atomic E-state index is 12.9. The van der Waals surface area contributed by atoms with Crippen molar-refractivity contribution in [2.24, 2.45) is 0 Å². The maximum absolute atomic E-state index is 12.9. The van der Waals surface area contributed by atoms with Crippen LogP contribution in [0, 0.1) is 0 Å². The van der Waals surface area contributed by atoms with Gasteiger partial charge in [0.15, 0.2) is 0 Å². The predicted octanol–water partition coefficient (Wildman–Crippen LogP) is 5.88. The molecule has 2 aromatic carbocycles. The van der Waals surface area contributed by atoms with Gasteiger partial charge in [-0.25, -0.2) is 4.98 Å². The third-order valence-corrected chi connectivity index (χ3v) is 6.61. The summed E-state index contributed by atoms with van der Waals surface area (Å²) in [5, 5.41) is 3.10. The maximum Gasteiger partial charge on any atom is 0.252 e. The molecule has 0 aliphatic heterocycles. The van der Waals surface area contributed by atoms with Gasteiger partial charge in [0.1, 0.15) is 10.3 Å². The van der Waals surface area contributed by atoms with E-state index >= 15 is 0 Å². The van der Waals surface area contributed by atoms with Gasteiger partial charge in [-0.2, -0.15) is 0 Å². The van der Waals surface area contributed by atoms with Gasteiger partial charge in [0.25, 0.3) is 5.91 Å². The average molecular weight is 466 g/mol. The summed E-state index contributed by atoms with van der Waals surface area (Å²) in [6.07, 6.45) is 1.98. The van der Waals surface area contributed by atoms with Crippen molar-refractivity contribution >= 4 is 39.2 Å². The van der Waals surface area contributed by atoms with Gasteiger partial charge in [-0.05, 0) is 52.7 Å². The van der Waals surface area contributed by atoms with Gasteiger partial charge < -0.3 is 5.32 Å². The van der Waals surface area contributed by atoms with E-state index in [4.69, 9.17) is 0 Å². The molecule has 0 bridgehead atoms. The summed E-state index contributed by atoms with van der Waals surface area (Å²) in [6.45, 7) is 2.00. The number of amides is 1. The van der Waals surface area contributed by atoms with Crippen LogP contribution in [0.5, 0.6) is 0 Å². The molecule has 2 heterocycles. The van der Waals surface area contributed by atoms with Crippen LogP contribution in [-0.2, 0) is 5.75 Å². The smallest absolute Gasteiger partial charge is 0.252 e. The van der Waals surface area contributed by atoms with Gasteiger partial charge in [-0.3, -0.25) is 9.20 Å². The van der Waals surface area contributed by atoms with E-state index in [0.717, 1.165) is 26.4 Å². The van der Waals surface area contributed by atoms with E-state index in [-0.39, 0.29) is 11.9 Å². The molecule has 6 heteroatoms. The fraction of sp³-hybridized carbons (Fsp3) is 0.130. The minimum absolute atomic E-state index is 0.0608. The Hall–Kier alpha value is -2.57. The number of thioether (sulfide) groups is 1. The monoisotopic (exact) mass is 465 g/mol. The van der Waals surface area contributed by atoms with Crippen LogP contribution in [0.4, 0.5) is 0 Å². The van der Waals surface area contributed by atoms with Gasteiger partial charge in [0.2, 0.25) is 0 Å². The van der Waals surface area contributed by atoms with Crippen LogP contribution in [0.1, 0.15) is 34.6 Å². The quantitative estimate of drug-likeness (QED) is 0.361. The molecule has 0 saturated heterocycles. The zero-order valence-corrected chi connectivity index (χ0v) is 18.3. The minimum atomic E-state index is -0.0708. The number of hydrogen-bond donors (Lipinski definition) is 1. The molecule has 0 radical (unpaired) electrons. The highest BCUT2D eigenvalue weighted by Crippen LogP contribution is 2.30.